The molecule has 10 nitrogen and oxygen atoms in total. The summed E-state index contributed by atoms with van der Waals surface area (Å²) >= 11 is 0. The Morgan fingerprint density at radius 1 is 0.605 bits per heavy atom. The summed E-state index contributed by atoms with van der Waals surface area (Å²) in [4.78, 5) is 50.5. The first-order chi connectivity index (χ1) is 17.8. The summed E-state index contributed by atoms with van der Waals surface area (Å²) in [6.07, 6.45) is 1.00. The molecular weight excluding hydrogens is 484 g/mol. The van der Waals surface area contributed by atoms with Crippen molar-refractivity contribution in [3.05, 3.63) is 24.3 Å². The summed E-state index contributed by atoms with van der Waals surface area (Å²) in [6.45, 7) is 17.0. The summed E-state index contributed by atoms with van der Waals surface area (Å²) < 4.78 is 0. The first kappa shape index (κ1) is 32.7. The molecule has 0 aromatic heterocycles. The Balaban J connectivity index is 2.79. The fourth-order valence-electron chi connectivity index (χ4n) is 3.59. The van der Waals surface area contributed by atoms with Crippen LogP contribution in [0, 0.1) is 23.7 Å². The number of anilines is 2. The molecular formula is C28H48N6O4. The van der Waals surface area contributed by atoms with Crippen LogP contribution >= 0.6 is 0 Å². The van der Waals surface area contributed by atoms with Crippen molar-refractivity contribution >= 4 is 35.3 Å². The van der Waals surface area contributed by atoms with E-state index in [4.69, 9.17) is 0 Å². The lowest BCUT2D eigenvalue weighted by Gasteiger charge is -2.21. The normalized spacial score (nSPS) is 12.7. The zero-order valence-corrected chi connectivity index (χ0v) is 24.2. The molecule has 2 atom stereocenters. The molecule has 0 saturated heterocycles. The van der Waals surface area contributed by atoms with E-state index in [1.54, 1.807) is 24.3 Å². The Labute approximate surface area is 227 Å². The highest BCUT2D eigenvalue weighted by atomic mass is 16.2. The molecule has 6 N–H and O–H groups in total. The second-order valence-electron chi connectivity index (χ2n) is 11.4. The number of urea groups is 2. The quantitative estimate of drug-likeness (QED) is 0.212. The van der Waals surface area contributed by atoms with Crippen LogP contribution in [-0.2, 0) is 9.59 Å². The van der Waals surface area contributed by atoms with Crippen molar-refractivity contribution in [2.75, 3.05) is 23.7 Å². The number of benzene rings is 1. The monoisotopic (exact) mass is 532 g/mol. The van der Waals surface area contributed by atoms with Gasteiger partial charge < -0.3 is 31.9 Å². The van der Waals surface area contributed by atoms with Crippen LogP contribution in [0.25, 0.3) is 0 Å². The average Bonchev–Trinajstić information content (AvgIpc) is 2.79. The van der Waals surface area contributed by atoms with Gasteiger partial charge in [-0.2, -0.15) is 0 Å². The van der Waals surface area contributed by atoms with E-state index in [1.807, 2.05) is 55.4 Å². The third-order valence-electron chi connectivity index (χ3n) is 5.41. The van der Waals surface area contributed by atoms with Crippen LogP contribution < -0.4 is 31.9 Å². The molecule has 10 heteroatoms. The van der Waals surface area contributed by atoms with Crippen molar-refractivity contribution in [2.24, 2.45) is 23.7 Å². The number of rotatable bonds is 14. The lowest BCUT2D eigenvalue weighted by atomic mass is 10.0. The van der Waals surface area contributed by atoms with E-state index in [1.165, 1.54) is 0 Å². The highest BCUT2D eigenvalue weighted by Crippen LogP contribution is 2.16. The molecule has 38 heavy (non-hydrogen) atoms. The third kappa shape index (κ3) is 13.9. The highest BCUT2D eigenvalue weighted by molar-refractivity contribution is 5.96. The molecule has 0 saturated carbocycles. The van der Waals surface area contributed by atoms with E-state index in [9.17, 15) is 19.2 Å². The summed E-state index contributed by atoms with van der Waals surface area (Å²) in [5, 5.41) is 16.7. The Hall–Kier alpha value is -3.30. The molecule has 0 aliphatic rings. The number of hydrogen-bond acceptors (Lipinski definition) is 4. The van der Waals surface area contributed by atoms with Crippen LogP contribution in [0.5, 0.6) is 0 Å². The van der Waals surface area contributed by atoms with Gasteiger partial charge in [0.2, 0.25) is 11.8 Å². The van der Waals surface area contributed by atoms with Crippen molar-refractivity contribution < 1.29 is 19.2 Å². The largest absolute Gasteiger partial charge is 0.354 e. The van der Waals surface area contributed by atoms with Crippen molar-refractivity contribution in [1.29, 1.82) is 0 Å². The minimum atomic E-state index is -0.666. The van der Waals surface area contributed by atoms with E-state index in [2.05, 4.69) is 31.9 Å². The molecule has 0 aliphatic carbocycles. The van der Waals surface area contributed by atoms with Crippen LogP contribution in [0.2, 0.25) is 0 Å². The molecule has 0 bridgehead atoms. The standard InChI is InChI=1S/C28H48N6O4/c1-17(2)12-23(25(35)29-15-19(5)6)33-27(37)31-21-10-9-11-22(14-21)32-28(38)34-24(13-18(3)4)26(36)30-16-20(7)8/h9-11,14,17-20,23-24H,12-13,15-16H2,1-8H3,(H,29,35)(H,30,36)(H2,31,33,37)(H2,32,34,38)/t23-,24-/m0/s1. The maximum Gasteiger partial charge on any atom is 0.319 e. The van der Waals surface area contributed by atoms with Gasteiger partial charge in [-0.05, 0) is 54.7 Å². The fraction of sp³-hybridized carbons (Fsp3) is 0.643. The van der Waals surface area contributed by atoms with E-state index in [-0.39, 0.29) is 23.7 Å². The Morgan fingerprint density at radius 3 is 1.29 bits per heavy atom. The van der Waals surface area contributed by atoms with Crippen molar-refractivity contribution in [2.45, 2.75) is 80.3 Å². The summed E-state index contributed by atoms with van der Waals surface area (Å²) in [5.41, 5.74) is 0.888. The van der Waals surface area contributed by atoms with Crippen LogP contribution in [0.4, 0.5) is 21.0 Å². The zero-order valence-electron chi connectivity index (χ0n) is 24.2. The molecule has 0 unspecified atom stereocenters. The molecule has 0 spiro atoms. The van der Waals surface area contributed by atoms with E-state index in [0.717, 1.165) is 0 Å². The number of carbonyl (C=O) groups excluding carboxylic acids is 4. The fourth-order valence-corrected chi connectivity index (χ4v) is 3.59. The van der Waals surface area contributed by atoms with Crippen LogP contribution in [-0.4, -0.2) is 49.0 Å². The van der Waals surface area contributed by atoms with Gasteiger partial charge in [0.1, 0.15) is 12.1 Å². The number of nitrogens with one attached hydrogen (secondary N) is 6. The predicted octanol–water partition coefficient (Wildman–Crippen LogP) is 4.30. The minimum absolute atomic E-state index is 0.211. The molecule has 0 heterocycles. The van der Waals surface area contributed by atoms with Gasteiger partial charge >= 0.3 is 12.1 Å². The van der Waals surface area contributed by atoms with Gasteiger partial charge in [0, 0.05) is 24.5 Å². The molecule has 1 aromatic carbocycles. The molecule has 214 valence electrons. The Bertz CT molecular complexity index is 847. The highest BCUT2D eigenvalue weighted by Gasteiger charge is 2.23. The van der Waals surface area contributed by atoms with Crippen LogP contribution in [0.15, 0.2) is 24.3 Å². The van der Waals surface area contributed by atoms with Crippen molar-refractivity contribution in [3.63, 3.8) is 0 Å². The lowest BCUT2D eigenvalue weighted by Crippen LogP contribution is -2.49. The molecule has 0 radical (unpaired) electrons. The van der Waals surface area contributed by atoms with Gasteiger partial charge in [0.05, 0.1) is 0 Å². The van der Waals surface area contributed by atoms with Gasteiger partial charge in [-0.1, -0.05) is 61.5 Å². The van der Waals surface area contributed by atoms with E-state index in [0.29, 0.717) is 49.1 Å². The summed E-state index contributed by atoms with van der Waals surface area (Å²) in [5.74, 6) is 0.585. The van der Waals surface area contributed by atoms with Crippen molar-refractivity contribution in [1.82, 2.24) is 21.3 Å². The van der Waals surface area contributed by atoms with E-state index < -0.39 is 24.1 Å². The van der Waals surface area contributed by atoms with E-state index >= 15 is 0 Å². The number of carbonyl (C=O) groups is 4. The first-order valence-corrected chi connectivity index (χ1v) is 13.6. The summed E-state index contributed by atoms with van der Waals surface area (Å²) in [7, 11) is 0. The van der Waals surface area contributed by atoms with Gasteiger partial charge in [0.15, 0.2) is 0 Å². The maximum absolute atomic E-state index is 12.7. The number of amides is 6. The Kier molecular flexibility index (Phi) is 14.2. The van der Waals surface area contributed by atoms with Crippen molar-refractivity contribution in [3.8, 4) is 0 Å². The topological polar surface area (TPSA) is 140 Å². The minimum Gasteiger partial charge on any atom is -0.354 e. The molecule has 1 aromatic rings. The molecule has 0 fully saturated rings. The van der Waals surface area contributed by atoms with Gasteiger partial charge in [0.25, 0.3) is 0 Å². The lowest BCUT2D eigenvalue weighted by molar-refractivity contribution is -0.124. The van der Waals surface area contributed by atoms with Gasteiger partial charge in [-0.3, -0.25) is 9.59 Å². The third-order valence-corrected chi connectivity index (χ3v) is 5.41. The van der Waals surface area contributed by atoms with Crippen LogP contribution in [0.3, 0.4) is 0 Å². The summed E-state index contributed by atoms with van der Waals surface area (Å²) in [6, 6.07) is 4.28. The molecule has 0 aliphatic heterocycles. The molecule has 6 amide bonds. The van der Waals surface area contributed by atoms with Gasteiger partial charge in [-0.25, -0.2) is 9.59 Å². The average molecular weight is 533 g/mol. The SMILES string of the molecule is CC(C)CNC(=O)[C@H](CC(C)C)NC(=O)Nc1cccc(NC(=O)N[C@@H](CC(C)C)C(=O)NCC(C)C)c1. The second kappa shape index (κ2) is 16.5. The van der Waals surface area contributed by atoms with Crippen LogP contribution in [0.1, 0.15) is 68.2 Å². The number of hydrogen-bond donors (Lipinski definition) is 6. The predicted molar refractivity (Wildman–Crippen MR) is 153 cm³/mol. The second-order valence-corrected chi connectivity index (χ2v) is 11.4. The Morgan fingerprint density at radius 2 is 0.974 bits per heavy atom. The first-order valence-electron chi connectivity index (χ1n) is 13.6. The smallest absolute Gasteiger partial charge is 0.319 e. The molecule has 1 rings (SSSR count). The van der Waals surface area contributed by atoms with Gasteiger partial charge in [-0.15, -0.1) is 0 Å². The maximum atomic E-state index is 12.7. The zero-order chi connectivity index (χ0) is 28.8.